The van der Waals surface area contributed by atoms with Crippen molar-refractivity contribution in [3.63, 3.8) is 0 Å². The molecule has 0 aliphatic carbocycles. The van der Waals surface area contributed by atoms with Crippen molar-refractivity contribution < 1.29 is 9.18 Å². The van der Waals surface area contributed by atoms with Gasteiger partial charge < -0.3 is 16.0 Å². The van der Waals surface area contributed by atoms with Crippen molar-refractivity contribution in [3.05, 3.63) is 40.1 Å². The molecule has 8 nitrogen and oxygen atoms in total. The van der Waals surface area contributed by atoms with Crippen molar-refractivity contribution in [3.8, 4) is 0 Å². The minimum absolute atomic E-state index is 0.0490. The largest absolute Gasteiger partial charge is 0.382 e. The SMILES string of the molecule is CC(=O)c1ccc(Nc2nc(N)c3[nH]c(=O)n(C(C)C)c3n2)c(F)c1. The summed E-state index contributed by atoms with van der Waals surface area (Å²) >= 11 is 0. The second-order valence-electron chi connectivity index (χ2n) is 5.90. The molecule has 0 bridgehead atoms. The third-order valence-corrected chi connectivity index (χ3v) is 3.74. The second kappa shape index (κ2) is 6.00. The van der Waals surface area contributed by atoms with Crippen LogP contribution >= 0.6 is 0 Å². The van der Waals surface area contributed by atoms with Gasteiger partial charge in [-0.3, -0.25) is 9.36 Å². The monoisotopic (exact) mass is 344 g/mol. The zero-order valence-electron chi connectivity index (χ0n) is 13.9. The Hall–Kier alpha value is -3.23. The lowest BCUT2D eigenvalue weighted by atomic mass is 10.1. The molecule has 0 spiro atoms. The van der Waals surface area contributed by atoms with Gasteiger partial charge in [0.1, 0.15) is 11.3 Å². The molecule has 0 unspecified atom stereocenters. The summed E-state index contributed by atoms with van der Waals surface area (Å²) in [5.41, 5.74) is 6.55. The molecule has 0 radical (unpaired) electrons. The fourth-order valence-corrected chi connectivity index (χ4v) is 2.51. The molecule has 0 saturated heterocycles. The van der Waals surface area contributed by atoms with Crippen LogP contribution in [-0.4, -0.2) is 25.3 Å². The van der Waals surface area contributed by atoms with Crippen LogP contribution in [0.25, 0.3) is 11.2 Å². The third kappa shape index (κ3) is 2.95. The van der Waals surface area contributed by atoms with E-state index in [1.54, 1.807) is 0 Å². The molecule has 0 amide bonds. The number of H-pyrrole nitrogens is 1. The average Bonchev–Trinajstić information content (AvgIpc) is 2.86. The van der Waals surface area contributed by atoms with Gasteiger partial charge in [-0.1, -0.05) is 0 Å². The number of imidazole rings is 1. The number of anilines is 3. The van der Waals surface area contributed by atoms with Crippen LogP contribution in [0.3, 0.4) is 0 Å². The lowest BCUT2D eigenvalue weighted by molar-refractivity contribution is 0.101. The lowest BCUT2D eigenvalue weighted by Gasteiger charge is -2.10. The van der Waals surface area contributed by atoms with Crippen LogP contribution in [-0.2, 0) is 0 Å². The van der Waals surface area contributed by atoms with E-state index >= 15 is 0 Å². The third-order valence-electron chi connectivity index (χ3n) is 3.74. The van der Waals surface area contributed by atoms with Gasteiger partial charge in [-0.25, -0.2) is 9.18 Å². The number of Topliss-reactive ketones (excluding diaryl/α,β-unsaturated/α-hetero) is 1. The number of hydrogen-bond donors (Lipinski definition) is 3. The summed E-state index contributed by atoms with van der Waals surface area (Å²) in [6.07, 6.45) is 0. The van der Waals surface area contributed by atoms with Gasteiger partial charge in [-0.05, 0) is 39.0 Å². The normalized spacial score (nSPS) is 11.2. The molecule has 4 N–H and O–H groups in total. The molecule has 9 heteroatoms. The number of nitrogens with zero attached hydrogens (tertiary/aromatic N) is 3. The molecular weight excluding hydrogens is 327 g/mol. The Bertz CT molecular complexity index is 1040. The molecule has 0 atom stereocenters. The van der Waals surface area contributed by atoms with E-state index in [1.807, 2.05) is 13.8 Å². The van der Waals surface area contributed by atoms with Crippen LogP contribution in [0.2, 0.25) is 0 Å². The Morgan fingerprint density at radius 3 is 2.68 bits per heavy atom. The Morgan fingerprint density at radius 2 is 2.08 bits per heavy atom. The molecule has 0 aliphatic rings. The fraction of sp³-hybridized carbons (Fsp3) is 0.250. The zero-order valence-corrected chi connectivity index (χ0v) is 13.9. The number of ketones is 1. The van der Waals surface area contributed by atoms with Gasteiger partial charge in [0.25, 0.3) is 0 Å². The summed E-state index contributed by atoms with van der Waals surface area (Å²) < 4.78 is 15.6. The Labute approximate surface area is 141 Å². The van der Waals surface area contributed by atoms with Crippen molar-refractivity contribution >= 4 is 34.4 Å². The molecule has 0 fully saturated rings. The standard InChI is InChI=1S/C16H17FN6O2/c1-7(2)23-14-12(20-16(23)25)13(18)21-15(22-14)19-11-5-4-9(8(3)24)6-10(11)17/h4-7H,1-3H3,(H,20,25)(H3,18,19,21,22). The van der Waals surface area contributed by atoms with E-state index in [0.717, 1.165) is 6.07 Å². The average molecular weight is 344 g/mol. The van der Waals surface area contributed by atoms with E-state index in [9.17, 15) is 14.0 Å². The number of rotatable bonds is 4. The van der Waals surface area contributed by atoms with Gasteiger partial charge in [-0.2, -0.15) is 9.97 Å². The van der Waals surface area contributed by atoms with Crippen LogP contribution in [0.1, 0.15) is 37.2 Å². The molecule has 3 rings (SSSR count). The highest BCUT2D eigenvalue weighted by atomic mass is 19.1. The second-order valence-corrected chi connectivity index (χ2v) is 5.90. The van der Waals surface area contributed by atoms with Crippen molar-refractivity contribution in [1.29, 1.82) is 0 Å². The molecule has 2 aromatic heterocycles. The number of benzene rings is 1. The minimum Gasteiger partial charge on any atom is -0.382 e. The van der Waals surface area contributed by atoms with Gasteiger partial charge in [0.05, 0.1) is 5.69 Å². The number of hydrogen-bond acceptors (Lipinski definition) is 6. The molecular formula is C16H17FN6O2. The summed E-state index contributed by atoms with van der Waals surface area (Å²) in [7, 11) is 0. The van der Waals surface area contributed by atoms with E-state index in [-0.39, 0.29) is 40.5 Å². The highest BCUT2D eigenvalue weighted by molar-refractivity contribution is 5.94. The molecule has 2 heterocycles. The van der Waals surface area contributed by atoms with Gasteiger partial charge in [0, 0.05) is 11.6 Å². The van der Waals surface area contributed by atoms with Gasteiger partial charge in [-0.15, -0.1) is 0 Å². The first-order chi connectivity index (χ1) is 11.8. The summed E-state index contributed by atoms with van der Waals surface area (Å²) in [6, 6.07) is 3.90. The van der Waals surface area contributed by atoms with Crippen molar-refractivity contribution in [2.75, 3.05) is 11.1 Å². The number of nitrogens with two attached hydrogens (primary N) is 1. The van der Waals surface area contributed by atoms with Gasteiger partial charge >= 0.3 is 5.69 Å². The van der Waals surface area contributed by atoms with E-state index in [2.05, 4.69) is 20.3 Å². The summed E-state index contributed by atoms with van der Waals surface area (Å²) in [4.78, 5) is 34.3. The molecule has 25 heavy (non-hydrogen) atoms. The Kier molecular flexibility index (Phi) is 3.99. The number of nitrogens with one attached hydrogen (secondary N) is 2. The number of halogens is 1. The molecule has 130 valence electrons. The van der Waals surface area contributed by atoms with E-state index < -0.39 is 5.82 Å². The van der Waals surface area contributed by atoms with Crippen molar-refractivity contribution in [1.82, 2.24) is 19.5 Å². The maximum Gasteiger partial charge on any atom is 0.328 e. The van der Waals surface area contributed by atoms with Crippen LogP contribution in [0.4, 0.5) is 21.8 Å². The van der Waals surface area contributed by atoms with Crippen molar-refractivity contribution in [2.24, 2.45) is 0 Å². The highest BCUT2D eigenvalue weighted by Gasteiger charge is 2.16. The molecule has 3 aromatic rings. The predicted molar refractivity (Wildman–Crippen MR) is 92.6 cm³/mol. The first kappa shape index (κ1) is 16.6. The van der Waals surface area contributed by atoms with Gasteiger partial charge in [0.15, 0.2) is 17.2 Å². The maximum atomic E-state index is 14.2. The fourth-order valence-electron chi connectivity index (χ4n) is 2.51. The topological polar surface area (TPSA) is 119 Å². The zero-order chi connectivity index (χ0) is 18.3. The smallest absolute Gasteiger partial charge is 0.328 e. The molecule has 0 aliphatic heterocycles. The predicted octanol–water partition coefficient (Wildman–Crippen LogP) is 2.37. The number of nitrogen functional groups attached to an aromatic ring is 1. The first-order valence-electron chi connectivity index (χ1n) is 7.63. The van der Waals surface area contributed by atoms with Crippen LogP contribution in [0.15, 0.2) is 23.0 Å². The van der Waals surface area contributed by atoms with E-state index in [1.165, 1.54) is 23.6 Å². The van der Waals surface area contributed by atoms with E-state index in [0.29, 0.717) is 11.2 Å². The van der Waals surface area contributed by atoms with E-state index in [4.69, 9.17) is 5.73 Å². The Balaban J connectivity index is 2.07. The van der Waals surface area contributed by atoms with Crippen LogP contribution < -0.4 is 16.7 Å². The first-order valence-corrected chi connectivity index (χ1v) is 7.63. The highest BCUT2D eigenvalue weighted by Crippen LogP contribution is 2.23. The number of aromatic amines is 1. The number of fused-ring (bicyclic) bond motifs is 1. The summed E-state index contributed by atoms with van der Waals surface area (Å²) in [5.74, 6) is -0.733. The van der Waals surface area contributed by atoms with Gasteiger partial charge in [0.2, 0.25) is 5.95 Å². The summed E-state index contributed by atoms with van der Waals surface area (Å²) in [5, 5.41) is 2.73. The Morgan fingerprint density at radius 1 is 1.36 bits per heavy atom. The lowest BCUT2D eigenvalue weighted by Crippen LogP contribution is -2.18. The minimum atomic E-state index is -0.620. The molecule has 1 aromatic carbocycles. The maximum absolute atomic E-state index is 14.2. The number of carbonyl (C=O) groups excluding carboxylic acids is 1. The van der Waals surface area contributed by atoms with Crippen LogP contribution in [0, 0.1) is 5.82 Å². The van der Waals surface area contributed by atoms with Crippen LogP contribution in [0.5, 0.6) is 0 Å². The summed E-state index contributed by atoms with van der Waals surface area (Å²) in [6.45, 7) is 5.02. The quantitative estimate of drug-likeness (QED) is 0.625. The number of aromatic nitrogens is 4. The molecule has 0 saturated carbocycles. The van der Waals surface area contributed by atoms with Crippen molar-refractivity contribution in [2.45, 2.75) is 26.8 Å². The number of carbonyl (C=O) groups is 1.